The minimum atomic E-state index is 0. The highest BCUT2D eigenvalue weighted by Gasteiger charge is 2.11. The summed E-state index contributed by atoms with van der Waals surface area (Å²) in [6, 6.07) is 8.22. The second kappa shape index (κ2) is 7.92. The molecule has 0 fully saturated rings. The van der Waals surface area contributed by atoms with Crippen molar-refractivity contribution in [2.24, 2.45) is 5.92 Å². The Morgan fingerprint density at radius 1 is 1.35 bits per heavy atom. The van der Waals surface area contributed by atoms with Crippen LogP contribution in [0.4, 0.5) is 0 Å². The van der Waals surface area contributed by atoms with E-state index in [-0.39, 0.29) is 24.2 Å². The van der Waals surface area contributed by atoms with Crippen molar-refractivity contribution in [3.05, 3.63) is 36.0 Å². The van der Waals surface area contributed by atoms with Gasteiger partial charge in [0.2, 0.25) is 5.91 Å². The van der Waals surface area contributed by atoms with E-state index in [9.17, 15) is 4.79 Å². The number of para-hydroxylation sites is 1. The zero-order chi connectivity index (χ0) is 13.7. The molecule has 1 unspecified atom stereocenters. The molecule has 0 radical (unpaired) electrons. The van der Waals surface area contributed by atoms with E-state index < -0.39 is 0 Å². The number of hydrogen-bond donors (Lipinski definition) is 3. The normalized spacial score (nSPS) is 11.9. The summed E-state index contributed by atoms with van der Waals surface area (Å²) >= 11 is 0. The van der Waals surface area contributed by atoms with E-state index in [2.05, 4.69) is 27.8 Å². The van der Waals surface area contributed by atoms with E-state index in [4.69, 9.17) is 0 Å². The number of fused-ring (bicyclic) bond motifs is 1. The number of carbonyl (C=O) groups excluding carboxylic acids is 1. The Balaban J connectivity index is 0.00000200. The van der Waals surface area contributed by atoms with Crippen molar-refractivity contribution < 1.29 is 4.79 Å². The third-order valence-electron chi connectivity index (χ3n) is 3.33. The lowest BCUT2D eigenvalue weighted by atomic mass is 10.1. The van der Waals surface area contributed by atoms with Gasteiger partial charge in [-0.15, -0.1) is 12.4 Å². The molecule has 3 N–H and O–H groups in total. The third kappa shape index (κ3) is 3.99. The van der Waals surface area contributed by atoms with Crippen LogP contribution < -0.4 is 10.6 Å². The minimum Gasteiger partial charge on any atom is -0.361 e. The summed E-state index contributed by atoms with van der Waals surface area (Å²) in [6.45, 7) is 3.31. The Labute approximate surface area is 125 Å². The molecule has 2 aromatic rings. The molecule has 0 saturated heterocycles. The Kier molecular flexibility index (Phi) is 6.55. The van der Waals surface area contributed by atoms with Crippen LogP contribution in [0.2, 0.25) is 0 Å². The van der Waals surface area contributed by atoms with Crippen LogP contribution in [0, 0.1) is 5.92 Å². The molecule has 4 nitrogen and oxygen atoms in total. The Morgan fingerprint density at radius 3 is 2.85 bits per heavy atom. The zero-order valence-corrected chi connectivity index (χ0v) is 12.7. The van der Waals surface area contributed by atoms with Gasteiger partial charge in [0, 0.05) is 36.1 Å². The van der Waals surface area contributed by atoms with Crippen LogP contribution in [-0.4, -0.2) is 31.0 Å². The molecule has 0 aliphatic rings. The molecule has 1 aromatic carbocycles. The molecule has 0 aliphatic heterocycles. The average molecular weight is 296 g/mol. The van der Waals surface area contributed by atoms with Crippen molar-refractivity contribution in [2.45, 2.75) is 13.3 Å². The molecule has 0 saturated carbocycles. The monoisotopic (exact) mass is 295 g/mol. The number of nitrogens with one attached hydrogen (secondary N) is 3. The van der Waals surface area contributed by atoms with Crippen molar-refractivity contribution in [2.75, 3.05) is 20.1 Å². The number of carbonyl (C=O) groups is 1. The van der Waals surface area contributed by atoms with E-state index in [0.29, 0.717) is 13.1 Å². The predicted molar refractivity (Wildman–Crippen MR) is 85.4 cm³/mol. The van der Waals surface area contributed by atoms with Crippen molar-refractivity contribution >= 4 is 29.2 Å². The van der Waals surface area contributed by atoms with Gasteiger partial charge in [-0.1, -0.05) is 25.1 Å². The molecule has 1 heterocycles. The lowest BCUT2D eigenvalue weighted by Crippen LogP contribution is -2.35. The van der Waals surface area contributed by atoms with Crippen LogP contribution >= 0.6 is 12.4 Å². The van der Waals surface area contributed by atoms with E-state index in [1.165, 1.54) is 10.9 Å². The molecule has 1 aromatic heterocycles. The van der Waals surface area contributed by atoms with Gasteiger partial charge in [0.1, 0.15) is 0 Å². The predicted octanol–water partition coefficient (Wildman–Crippen LogP) is 2.10. The summed E-state index contributed by atoms with van der Waals surface area (Å²) in [5, 5.41) is 7.22. The van der Waals surface area contributed by atoms with Crippen LogP contribution in [-0.2, 0) is 11.2 Å². The summed E-state index contributed by atoms with van der Waals surface area (Å²) in [5.41, 5.74) is 2.39. The molecule has 5 heteroatoms. The van der Waals surface area contributed by atoms with Crippen LogP contribution in [0.5, 0.6) is 0 Å². The maximum Gasteiger partial charge on any atom is 0.224 e. The van der Waals surface area contributed by atoms with Gasteiger partial charge in [0.25, 0.3) is 0 Å². The number of benzene rings is 1. The molecule has 0 bridgehead atoms. The molecule has 0 aliphatic carbocycles. The number of aromatic amines is 1. The van der Waals surface area contributed by atoms with Gasteiger partial charge < -0.3 is 15.6 Å². The molecule has 0 spiro atoms. The van der Waals surface area contributed by atoms with Gasteiger partial charge in [-0.05, 0) is 25.1 Å². The first kappa shape index (κ1) is 16.5. The number of amides is 1. The quantitative estimate of drug-likeness (QED) is 0.764. The first-order chi connectivity index (χ1) is 9.22. The molecule has 110 valence electrons. The second-order valence-corrected chi connectivity index (χ2v) is 4.86. The molecule has 20 heavy (non-hydrogen) atoms. The van der Waals surface area contributed by atoms with Gasteiger partial charge in [0.05, 0.1) is 0 Å². The number of halogens is 1. The molecule has 2 rings (SSSR count). The van der Waals surface area contributed by atoms with Crippen LogP contribution in [0.1, 0.15) is 12.5 Å². The topological polar surface area (TPSA) is 56.9 Å². The van der Waals surface area contributed by atoms with E-state index >= 15 is 0 Å². The fraction of sp³-hybridized carbons (Fsp3) is 0.400. The first-order valence-electron chi connectivity index (χ1n) is 6.69. The third-order valence-corrected chi connectivity index (χ3v) is 3.33. The Morgan fingerprint density at radius 2 is 2.10 bits per heavy atom. The standard InChI is InChI=1S/C15H21N3O.ClH/c1-11(9-16-2)15(19)17-8-7-12-10-18-14-6-4-3-5-13(12)14;/h3-6,10-11,16,18H,7-9H2,1-2H3,(H,17,19);1H. The number of aromatic nitrogens is 1. The van der Waals surface area contributed by atoms with E-state index in [0.717, 1.165) is 11.9 Å². The van der Waals surface area contributed by atoms with Crippen LogP contribution in [0.25, 0.3) is 10.9 Å². The lowest BCUT2D eigenvalue weighted by Gasteiger charge is -2.11. The van der Waals surface area contributed by atoms with E-state index in [1.54, 1.807) is 0 Å². The number of hydrogen-bond acceptors (Lipinski definition) is 2. The molecular formula is C15H22ClN3O. The Bertz CT molecular complexity index is 553. The summed E-state index contributed by atoms with van der Waals surface area (Å²) in [4.78, 5) is 15.0. The highest BCUT2D eigenvalue weighted by Crippen LogP contribution is 2.17. The second-order valence-electron chi connectivity index (χ2n) is 4.86. The first-order valence-corrected chi connectivity index (χ1v) is 6.69. The zero-order valence-electron chi connectivity index (χ0n) is 11.9. The van der Waals surface area contributed by atoms with Crippen molar-refractivity contribution in [1.82, 2.24) is 15.6 Å². The van der Waals surface area contributed by atoms with Gasteiger partial charge in [0.15, 0.2) is 0 Å². The molecular weight excluding hydrogens is 274 g/mol. The minimum absolute atomic E-state index is 0. The number of H-pyrrole nitrogens is 1. The smallest absolute Gasteiger partial charge is 0.224 e. The van der Waals surface area contributed by atoms with Crippen molar-refractivity contribution in [3.63, 3.8) is 0 Å². The van der Waals surface area contributed by atoms with Gasteiger partial charge in [-0.2, -0.15) is 0 Å². The largest absolute Gasteiger partial charge is 0.361 e. The SMILES string of the molecule is CNCC(C)C(=O)NCCc1c[nH]c2ccccc12.Cl. The highest BCUT2D eigenvalue weighted by atomic mass is 35.5. The van der Waals surface area contributed by atoms with Crippen LogP contribution in [0.15, 0.2) is 30.5 Å². The maximum atomic E-state index is 11.8. The van der Waals surface area contributed by atoms with Crippen molar-refractivity contribution in [1.29, 1.82) is 0 Å². The number of rotatable bonds is 6. The van der Waals surface area contributed by atoms with Gasteiger partial charge in [-0.3, -0.25) is 4.79 Å². The summed E-state index contributed by atoms with van der Waals surface area (Å²) in [7, 11) is 1.86. The van der Waals surface area contributed by atoms with Gasteiger partial charge >= 0.3 is 0 Å². The Hall–Kier alpha value is -1.52. The average Bonchev–Trinajstić information content (AvgIpc) is 2.82. The highest BCUT2D eigenvalue weighted by molar-refractivity contribution is 5.85. The molecule has 1 atom stereocenters. The molecule has 1 amide bonds. The van der Waals surface area contributed by atoms with Gasteiger partial charge in [-0.25, -0.2) is 0 Å². The van der Waals surface area contributed by atoms with Crippen LogP contribution in [0.3, 0.4) is 0 Å². The lowest BCUT2D eigenvalue weighted by molar-refractivity contribution is -0.124. The fourth-order valence-corrected chi connectivity index (χ4v) is 2.23. The van der Waals surface area contributed by atoms with E-state index in [1.807, 2.05) is 32.3 Å². The van der Waals surface area contributed by atoms with Crippen molar-refractivity contribution in [3.8, 4) is 0 Å². The maximum absolute atomic E-state index is 11.8. The fourth-order valence-electron chi connectivity index (χ4n) is 2.23. The summed E-state index contributed by atoms with van der Waals surface area (Å²) in [6.07, 6.45) is 2.87. The summed E-state index contributed by atoms with van der Waals surface area (Å²) in [5.74, 6) is 0.113. The summed E-state index contributed by atoms with van der Waals surface area (Å²) < 4.78 is 0.